The van der Waals surface area contributed by atoms with Crippen molar-refractivity contribution in [3.8, 4) is 0 Å². The first-order valence-electron chi connectivity index (χ1n) is 6.67. The molecule has 0 aromatic carbocycles. The number of thiocarbonyl (C=S) groups is 1. The Morgan fingerprint density at radius 3 is 2.50 bits per heavy atom. The lowest BCUT2D eigenvalue weighted by Crippen LogP contribution is -2.39. The molecule has 0 bridgehead atoms. The molecule has 0 heterocycles. The Balaban J connectivity index is 3.91. The van der Waals surface area contributed by atoms with Gasteiger partial charge in [-0.1, -0.05) is 25.6 Å². The summed E-state index contributed by atoms with van der Waals surface area (Å²) in [7, 11) is 2.08. The molecule has 0 aromatic heterocycles. The highest BCUT2D eigenvalue weighted by molar-refractivity contribution is 7.80. The van der Waals surface area contributed by atoms with Crippen LogP contribution >= 0.6 is 12.2 Å². The first kappa shape index (κ1) is 17.3. The van der Waals surface area contributed by atoms with Crippen LogP contribution in [0.15, 0.2) is 0 Å². The summed E-state index contributed by atoms with van der Waals surface area (Å²) in [5.41, 5.74) is 5.58. The Labute approximate surface area is 116 Å². The zero-order chi connectivity index (χ0) is 14.1. The topological polar surface area (TPSA) is 58.4 Å². The summed E-state index contributed by atoms with van der Waals surface area (Å²) in [6.07, 6.45) is 2.58. The zero-order valence-electron chi connectivity index (χ0n) is 12.0. The van der Waals surface area contributed by atoms with Gasteiger partial charge in [0.15, 0.2) is 0 Å². The second kappa shape index (κ2) is 9.28. The predicted molar refractivity (Wildman–Crippen MR) is 80.6 cm³/mol. The van der Waals surface area contributed by atoms with E-state index in [1.54, 1.807) is 0 Å². The Morgan fingerprint density at radius 1 is 1.44 bits per heavy atom. The van der Waals surface area contributed by atoms with Gasteiger partial charge in [-0.15, -0.1) is 0 Å². The largest absolute Gasteiger partial charge is 0.393 e. The first-order valence-corrected chi connectivity index (χ1v) is 7.08. The molecule has 106 valence electrons. The predicted octanol–water partition coefficient (Wildman–Crippen LogP) is 1.54. The van der Waals surface area contributed by atoms with Crippen LogP contribution in [0.3, 0.4) is 0 Å². The molecule has 1 atom stereocenters. The molecular weight excluding hydrogens is 246 g/mol. The second-order valence-corrected chi connectivity index (χ2v) is 5.43. The molecule has 0 radical (unpaired) electrons. The summed E-state index contributed by atoms with van der Waals surface area (Å²) in [6, 6.07) is 0.533. The third-order valence-corrected chi connectivity index (χ3v) is 3.39. The van der Waals surface area contributed by atoms with E-state index in [0.717, 1.165) is 25.8 Å². The fraction of sp³-hybridized carbons (Fsp3) is 0.846. The molecule has 4 nitrogen and oxygen atoms in total. The van der Waals surface area contributed by atoms with E-state index in [9.17, 15) is 4.79 Å². The van der Waals surface area contributed by atoms with Crippen LogP contribution in [-0.2, 0) is 4.79 Å². The summed E-state index contributed by atoms with van der Waals surface area (Å²) in [4.78, 5) is 14.4. The number of carbonyl (C=O) groups excluding carboxylic acids is 1. The van der Waals surface area contributed by atoms with Gasteiger partial charge in [0.1, 0.15) is 0 Å². The maximum atomic E-state index is 11.9. The van der Waals surface area contributed by atoms with E-state index in [2.05, 4.69) is 31.1 Å². The minimum Gasteiger partial charge on any atom is -0.393 e. The molecule has 0 rings (SSSR count). The summed E-state index contributed by atoms with van der Waals surface area (Å²) < 4.78 is 0. The maximum Gasteiger partial charge on any atom is 0.229 e. The van der Waals surface area contributed by atoms with Crippen LogP contribution in [-0.4, -0.2) is 42.0 Å². The van der Waals surface area contributed by atoms with Gasteiger partial charge in [-0.25, -0.2) is 0 Å². The molecule has 0 aromatic rings. The van der Waals surface area contributed by atoms with Crippen molar-refractivity contribution in [2.75, 3.05) is 20.1 Å². The third-order valence-electron chi connectivity index (χ3n) is 3.11. The van der Waals surface area contributed by atoms with Crippen molar-refractivity contribution in [3.05, 3.63) is 0 Å². The SMILES string of the molecule is CCCC(C(=O)NCCCN(C)C(C)C)C(N)=S. The quantitative estimate of drug-likeness (QED) is 0.494. The van der Waals surface area contributed by atoms with Crippen LogP contribution in [0.4, 0.5) is 0 Å². The first-order chi connectivity index (χ1) is 8.40. The molecule has 0 saturated carbocycles. The lowest BCUT2D eigenvalue weighted by molar-refractivity contribution is -0.123. The molecule has 5 heteroatoms. The van der Waals surface area contributed by atoms with Crippen molar-refractivity contribution in [2.24, 2.45) is 11.7 Å². The zero-order valence-corrected chi connectivity index (χ0v) is 12.8. The summed E-state index contributed by atoms with van der Waals surface area (Å²) in [6.45, 7) is 7.99. The van der Waals surface area contributed by atoms with Gasteiger partial charge in [0.05, 0.1) is 10.9 Å². The highest BCUT2D eigenvalue weighted by atomic mass is 32.1. The van der Waals surface area contributed by atoms with Crippen LogP contribution in [0.2, 0.25) is 0 Å². The van der Waals surface area contributed by atoms with E-state index in [1.807, 2.05) is 6.92 Å². The number of hydrogen-bond acceptors (Lipinski definition) is 3. The van der Waals surface area contributed by atoms with E-state index in [0.29, 0.717) is 17.6 Å². The highest BCUT2D eigenvalue weighted by Crippen LogP contribution is 2.06. The smallest absolute Gasteiger partial charge is 0.229 e. The third kappa shape index (κ3) is 6.91. The van der Waals surface area contributed by atoms with Gasteiger partial charge >= 0.3 is 0 Å². The normalized spacial score (nSPS) is 12.8. The van der Waals surface area contributed by atoms with Crippen LogP contribution < -0.4 is 11.1 Å². The molecule has 0 spiro atoms. The fourth-order valence-electron chi connectivity index (χ4n) is 1.61. The average Bonchev–Trinajstić information content (AvgIpc) is 2.30. The number of rotatable bonds is 9. The minimum atomic E-state index is -0.312. The molecule has 1 unspecified atom stereocenters. The minimum absolute atomic E-state index is 0.0310. The Bertz CT molecular complexity index is 269. The van der Waals surface area contributed by atoms with E-state index >= 15 is 0 Å². The average molecular weight is 273 g/mol. The monoisotopic (exact) mass is 273 g/mol. The van der Waals surface area contributed by atoms with Crippen LogP contribution in [0.25, 0.3) is 0 Å². The van der Waals surface area contributed by atoms with Crippen LogP contribution in [0.1, 0.15) is 40.0 Å². The molecule has 0 aliphatic heterocycles. The molecule has 0 fully saturated rings. The van der Waals surface area contributed by atoms with Gasteiger partial charge in [-0.3, -0.25) is 4.79 Å². The van der Waals surface area contributed by atoms with E-state index in [1.165, 1.54) is 0 Å². The number of nitrogens with one attached hydrogen (secondary N) is 1. The van der Waals surface area contributed by atoms with Crippen molar-refractivity contribution in [2.45, 2.75) is 46.1 Å². The van der Waals surface area contributed by atoms with E-state index < -0.39 is 0 Å². The van der Waals surface area contributed by atoms with Gasteiger partial charge in [0, 0.05) is 12.6 Å². The van der Waals surface area contributed by atoms with Crippen molar-refractivity contribution in [3.63, 3.8) is 0 Å². The van der Waals surface area contributed by atoms with Crippen LogP contribution in [0, 0.1) is 5.92 Å². The van der Waals surface area contributed by atoms with E-state index in [-0.39, 0.29) is 11.8 Å². The van der Waals surface area contributed by atoms with Crippen LogP contribution in [0.5, 0.6) is 0 Å². The highest BCUT2D eigenvalue weighted by Gasteiger charge is 2.19. The molecule has 0 aliphatic carbocycles. The number of hydrogen-bond donors (Lipinski definition) is 2. The number of nitrogens with zero attached hydrogens (tertiary/aromatic N) is 1. The van der Waals surface area contributed by atoms with Gasteiger partial charge in [0.2, 0.25) is 5.91 Å². The standard InChI is InChI=1S/C13H27N3OS/c1-5-7-11(12(14)18)13(17)15-8-6-9-16(4)10(2)3/h10-11H,5-9H2,1-4H3,(H2,14,18)(H,15,17). The van der Waals surface area contributed by atoms with Crippen molar-refractivity contribution < 1.29 is 4.79 Å². The Hall–Kier alpha value is -0.680. The molecule has 0 saturated heterocycles. The van der Waals surface area contributed by atoms with Gasteiger partial charge in [-0.2, -0.15) is 0 Å². The number of nitrogens with two attached hydrogens (primary N) is 1. The van der Waals surface area contributed by atoms with Gasteiger partial charge < -0.3 is 16.0 Å². The summed E-state index contributed by atoms with van der Waals surface area (Å²) in [5.74, 6) is -0.343. The lowest BCUT2D eigenvalue weighted by Gasteiger charge is -2.21. The van der Waals surface area contributed by atoms with Crippen molar-refractivity contribution in [1.29, 1.82) is 0 Å². The number of carbonyl (C=O) groups is 1. The lowest BCUT2D eigenvalue weighted by atomic mass is 10.0. The molecule has 1 amide bonds. The number of amides is 1. The summed E-state index contributed by atoms with van der Waals surface area (Å²) in [5, 5.41) is 2.91. The maximum absolute atomic E-state index is 11.9. The fourth-order valence-corrected chi connectivity index (χ4v) is 1.84. The Morgan fingerprint density at radius 2 is 2.06 bits per heavy atom. The molecule has 0 aliphatic rings. The molecule has 18 heavy (non-hydrogen) atoms. The molecular formula is C13H27N3OS. The summed E-state index contributed by atoms with van der Waals surface area (Å²) >= 11 is 4.92. The second-order valence-electron chi connectivity index (χ2n) is 4.96. The molecule has 3 N–H and O–H groups in total. The van der Waals surface area contributed by atoms with Crippen molar-refractivity contribution >= 4 is 23.1 Å². The van der Waals surface area contributed by atoms with Gasteiger partial charge in [0.25, 0.3) is 0 Å². The Kier molecular flexibility index (Phi) is 8.93. The van der Waals surface area contributed by atoms with Crippen molar-refractivity contribution in [1.82, 2.24) is 10.2 Å². The van der Waals surface area contributed by atoms with E-state index in [4.69, 9.17) is 18.0 Å². The van der Waals surface area contributed by atoms with Gasteiger partial charge in [-0.05, 0) is 40.3 Å².